The Bertz CT molecular complexity index is 784. The van der Waals surface area contributed by atoms with Crippen LogP contribution in [0.1, 0.15) is 5.56 Å². The van der Waals surface area contributed by atoms with E-state index in [2.05, 4.69) is 10.6 Å². The number of ether oxygens (including phenoxy) is 1. The smallest absolute Gasteiger partial charge is 0.407 e. The van der Waals surface area contributed by atoms with Gasteiger partial charge in [0, 0.05) is 19.6 Å². The number of nitrogens with one attached hydrogen (secondary N) is 2. The summed E-state index contributed by atoms with van der Waals surface area (Å²) in [6.45, 7) is 1.79. The molecule has 2 aliphatic heterocycles. The molecule has 156 valence electrons. The van der Waals surface area contributed by atoms with Gasteiger partial charge in [-0.3, -0.25) is 9.59 Å². The van der Waals surface area contributed by atoms with Crippen LogP contribution in [0.5, 0.6) is 0 Å². The fraction of sp³-hybridized carbons (Fsp3) is 0.450. The molecule has 0 saturated carbocycles. The van der Waals surface area contributed by atoms with Crippen molar-refractivity contribution < 1.29 is 19.1 Å². The minimum absolute atomic E-state index is 0.107. The molecule has 1 unspecified atom stereocenters. The van der Waals surface area contributed by atoms with E-state index in [1.165, 1.54) is 11.8 Å². The Hall–Kier alpha value is -2.52. The highest BCUT2D eigenvalue weighted by molar-refractivity contribution is 8.02. The van der Waals surface area contributed by atoms with Gasteiger partial charge in [0.25, 0.3) is 0 Å². The Morgan fingerprint density at radius 3 is 2.76 bits per heavy atom. The minimum Gasteiger partial charge on any atom is -0.445 e. The molecule has 0 radical (unpaired) electrons. The number of thioether (sulfide) groups is 1. The van der Waals surface area contributed by atoms with E-state index < -0.39 is 12.1 Å². The molecule has 0 bridgehead atoms. The number of benzene rings is 1. The SMILES string of the molecule is CN(C)CCNC(=O)OCC1=CS[C@H]2C(NC(=O)Cc3ccccc3)C(=O)N2C1. The fourth-order valence-electron chi connectivity index (χ4n) is 3.08. The summed E-state index contributed by atoms with van der Waals surface area (Å²) in [4.78, 5) is 40.0. The van der Waals surface area contributed by atoms with E-state index in [-0.39, 0.29) is 30.2 Å². The molecule has 3 rings (SSSR count). The first-order valence-corrected chi connectivity index (χ1v) is 10.4. The quantitative estimate of drug-likeness (QED) is 0.607. The topological polar surface area (TPSA) is 91.0 Å². The van der Waals surface area contributed by atoms with Crippen LogP contribution >= 0.6 is 11.8 Å². The maximum atomic E-state index is 12.4. The van der Waals surface area contributed by atoms with Crippen LogP contribution < -0.4 is 10.6 Å². The van der Waals surface area contributed by atoms with Crippen molar-refractivity contribution in [3.63, 3.8) is 0 Å². The van der Waals surface area contributed by atoms with Crippen LogP contribution in [0.4, 0.5) is 4.79 Å². The minimum atomic E-state index is -0.510. The zero-order chi connectivity index (χ0) is 20.8. The lowest BCUT2D eigenvalue weighted by Crippen LogP contribution is -2.70. The zero-order valence-electron chi connectivity index (χ0n) is 16.6. The maximum Gasteiger partial charge on any atom is 0.407 e. The third kappa shape index (κ3) is 5.74. The number of amides is 3. The number of β-lactam (4-membered cyclic amide) rings is 1. The summed E-state index contributed by atoms with van der Waals surface area (Å²) >= 11 is 1.46. The molecule has 2 atom stereocenters. The maximum absolute atomic E-state index is 12.4. The Balaban J connectivity index is 1.42. The molecule has 29 heavy (non-hydrogen) atoms. The summed E-state index contributed by atoms with van der Waals surface area (Å²) in [6.07, 6.45) is -0.222. The Labute approximate surface area is 174 Å². The molecule has 1 aromatic carbocycles. The van der Waals surface area contributed by atoms with Gasteiger partial charge >= 0.3 is 6.09 Å². The van der Waals surface area contributed by atoms with Gasteiger partial charge in [0.15, 0.2) is 0 Å². The summed E-state index contributed by atoms with van der Waals surface area (Å²) < 4.78 is 5.21. The van der Waals surface area contributed by atoms with E-state index in [4.69, 9.17) is 4.74 Å². The van der Waals surface area contributed by atoms with Crippen molar-refractivity contribution in [3.05, 3.63) is 46.9 Å². The number of carbonyl (C=O) groups is 3. The number of fused-ring (bicyclic) bond motifs is 1. The number of hydrogen-bond donors (Lipinski definition) is 2. The van der Waals surface area contributed by atoms with E-state index >= 15 is 0 Å². The van der Waals surface area contributed by atoms with Crippen molar-refractivity contribution >= 4 is 29.7 Å². The van der Waals surface area contributed by atoms with Gasteiger partial charge < -0.3 is 25.2 Å². The summed E-state index contributed by atoms with van der Waals surface area (Å²) in [6, 6.07) is 8.92. The number of rotatable bonds is 8. The molecule has 1 saturated heterocycles. The molecule has 0 aromatic heterocycles. The van der Waals surface area contributed by atoms with E-state index in [1.54, 1.807) is 4.90 Å². The van der Waals surface area contributed by atoms with Gasteiger partial charge in [-0.15, -0.1) is 11.8 Å². The number of hydrogen-bond acceptors (Lipinski definition) is 6. The second-order valence-corrected chi connectivity index (χ2v) is 8.27. The fourth-order valence-corrected chi connectivity index (χ4v) is 4.22. The van der Waals surface area contributed by atoms with Crippen molar-refractivity contribution in [2.75, 3.05) is 40.3 Å². The summed E-state index contributed by atoms with van der Waals surface area (Å²) in [5, 5.41) is 7.31. The van der Waals surface area contributed by atoms with Crippen LogP contribution in [0.3, 0.4) is 0 Å². The lowest BCUT2D eigenvalue weighted by atomic mass is 10.0. The van der Waals surface area contributed by atoms with Crippen molar-refractivity contribution in [2.45, 2.75) is 17.8 Å². The van der Waals surface area contributed by atoms with Crippen LogP contribution in [0, 0.1) is 0 Å². The molecular formula is C20H26N4O4S. The molecule has 1 fully saturated rings. The van der Waals surface area contributed by atoms with Gasteiger partial charge in [-0.25, -0.2) is 4.79 Å². The summed E-state index contributed by atoms with van der Waals surface area (Å²) in [5.41, 5.74) is 1.77. The predicted octanol–water partition coefficient (Wildman–Crippen LogP) is 0.801. The molecular weight excluding hydrogens is 392 g/mol. The summed E-state index contributed by atoms with van der Waals surface area (Å²) in [5.74, 6) is -0.271. The summed E-state index contributed by atoms with van der Waals surface area (Å²) in [7, 11) is 3.85. The van der Waals surface area contributed by atoms with Crippen molar-refractivity contribution in [3.8, 4) is 0 Å². The third-order valence-corrected chi connectivity index (χ3v) is 5.90. The molecule has 9 heteroatoms. The largest absolute Gasteiger partial charge is 0.445 e. The van der Waals surface area contributed by atoms with Gasteiger partial charge in [-0.2, -0.15) is 0 Å². The average Bonchev–Trinajstić information content (AvgIpc) is 2.70. The third-order valence-electron chi connectivity index (χ3n) is 4.63. The zero-order valence-corrected chi connectivity index (χ0v) is 17.4. The van der Waals surface area contributed by atoms with Crippen LogP contribution in [0.25, 0.3) is 0 Å². The van der Waals surface area contributed by atoms with Gasteiger partial charge in [0.1, 0.15) is 18.0 Å². The van der Waals surface area contributed by atoms with Gasteiger partial charge in [0.05, 0.1) is 6.42 Å². The first kappa shape index (κ1) is 21.2. The number of carbonyl (C=O) groups excluding carboxylic acids is 3. The Kier molecular flexibility index (Phi) is 7.16. The predicted molar refractivity (Wildman–Crippen MR) is 111 cm³/mol. The lowest BCUT2D eigenvalue weighted by Gasteiger charge is -2.48. The molecule has 2 N–H and O–H groups in total. The molecule has 8 nitrogen and oxygen atoms in total. The molecule has 2 aliphatic rings. The van der Waals surface area contributed by atoms with Gasteiger partial charge in [-0.1, -0.05) is 30.3 Å². The van der Waals surface area contributed by atoms with Gasteiger partial charge in [-0.05, 0) is 30.6 Å². The van der Waals surface area contributed by atoms with Gasteiger partial charge in [0.2, 0.25) is 11.8 Å². The first-order chi connectivity index (χ1) is 13.9. The number of nitrogens with zero attached hydrogens (tertiary/aromatic N) is 2. The Morgan fingerprint density at radius 1 is 1.28 bits per heavy atom. The van der Waals surface area contributed by atoms with E-state index in [0.717, 1.165) is 17.7 Å². The monoisotopic (exact) mass is 418 g/mol. The van der Waals surface area contributed by atoms with Crippen molar-refractivity contribution in [2.24, 2.45) is 0 Å². The normalized spacial score (nSPS) is 20.4. The second-order valence-electron chi connectivity index (χ2n) is 7.28. The average molecular weight is 419 g/mol. The van der Waals surface area contributed by atoms with Crippen LogP contribution in [0.2, 0.25) is 0 Å². The highest BCUT2D eigenvalue weighted by Crippen LogP contribution is 2.36. The molecule has 2 heterocycles. The highest BCUT2D eigenvalue weighted by atomic mass is 32.2. The molecule has 0 spiro atoms. The van der Waals surface area contributed by atoms with E-state index in [0.29, 0.717) is 13.1 Å². The van der Waals surface area contributed by atoms with Crippen LogP contribution in [-0.4, -0.2) is 79.5 Å². The standard InChI is InChI=1S/C20H26N4O4S/c1-23(2)9-8-21-20(27)28-12-15-11-24-18(26)17(19(24)29-13-15)22-16(25)10-14-6-4-3-5-7-14/h3-7,13,17,19H,8-12H2,1-2H3,(H,21,27)(H,22,25)/t17?,19-/m0/s1. The second kappa shape index (κ2) is 9.80. The molecule has 0 aliphatic carbocycles. The highest BCUT2D eigenvalue weighted by Gasteiger charge is 2.49. The van der Waals surface area contributed by atoms with Crippen LogP contribution in [0.15, 0.2) is 41.3 Å². The van der Waals surface area contributed by atoms with Crippen molar-refractivity contribution in [1.29, 1.82) is 0 Å². The Morgan fingerprint density at radius 2 is 2.03 bits per heavy atom. The lowest BCUT2D eigenvalue weighted by molar-refractivity contribution is -0.148. The van der Waals surface area contributed by atoms with Crippen molar-refractivity contribution in [1.82, 2.24) is 20.4 Å². The van der Waals surface area contributed by atoms with E-state index in [9.17, 15) is 14.4 Å². The van der Waals surface area contributed by atoms with E-state index in [1.807, 2.05) is 54.7 Å². The molecule has 3 amide bonds. The number of alkyl carbamates (subject to hydrolysis) is 1. The first-order valence-electron chi connectivity index (χ1n) is 9.46. The van der Waals surface area contributed by atoms with Crippen LogP contribution in [-0.2, 0) is 20.7 Å². The number of likely N-dealkylation sites (N-methyl/N-ethyl adjacent to an activating group) is 1. The molecule has 1 aromatic rings.